The van der Waals surface area contributed by atoms with Crippen LogP contribution in [0.4, 0.5) is 5.69 Å². The molecular weight excluding hydrogens is 440 g/mol. The summed E-state index contributed by atoms with van der Waals surface area (Å²) in [5.41, 5.74) is 1.12. The van der Waals surface area contributed by atoms with E-state index in [9.17, 15) is 10.1 Å². The molecule has 0 saturated carbocycles. The highest BCUT2D eigenvalue weighted by atomic mass is 16.6. The molecule has 2 unspecified atom stereocenters. The number of likely N-dealkylation sites (tertiary alicyclic amines) is 1. The molecular formula is C24H24N4O6. The number of para-hydroxylation sites is 2. The Bertz CT molecular complexity index is 1140. The molecule has 0 aliphatic carbocycles. The Labute approximate surface area is 196 Å². The molecule has 2 aliphatic heterocycles. The minimum Gasteiger partial charge on any atom is -0.486 e. The van der Waals surface area contributed by atoms with Gasteiger partial charge in [0.1, 0.15) is 19.3 Å². The number of non-ortho nitro benzene ring substituents is 1. The highest BCUT2D eigenvalue weighted by Crippen LogP contribution is 2.31. The Kier molecular flexibility index (Phi) is 6.39. The second-order valence-corrected chi connectivity index (χ2v) is 8.19. The second kappa shape index (κ2) is 9.92. The van der Waals surface area contributed by atoms with Gasteiger partial charge in [-0.15, -0.1) is 0 Å². The Morgan fingerprint density at radius 2 is 1.88 bits per heavy atom. The van der Waals surface area contributed by atoms with Crippen LogP contribution in [0.1, 0.15) is 12.0 Å². The van der Waals surface area contributed by atoms with E-state index < -0.39 is 4.92 Å². The van der Waals surface area contributed by atoms with E-state index in [2.05, 4.69) is 14.9 Å². The van der Waals surface area contributed by atoms with Crippen molar-refractivity contribution in [2.45, 2.75) is 25.2 Å². The van der Waals surface area contributed by atoms with E-state index in [4.69, 9.17) is 18.9 Å². The third-order valence-electron chi connectivity index (χ3n) is 5.64. The highest BCUT2D eigenvalue weighted by Gasteiger charge is 2.25. The number of hydrogen-bond donors (Lipinski definition) is 0. The van der Waals surface area contributed by atoms with Crippen LogP contribution in [-0.2, 0) is 6.54 Å². The molecule has 3 aromatic rings. The maximum absolute atomic E-state index is 10.8. The molecule has 10 heteroatoms. The Hall–Kier alpha value is -3.92. The van der Waals surface area contributed by atoms with Crippen LogP contribution in [0.15, 0.2) is 60.9 Å². The first-order valence-electron chi connectivity index (χ1n) is 11.1. The normalized spacial score (nSPS) is 19.5. The van der Waals surface area contributed by atoms with E-state index in [1.54, 1.807) is 24.5 Å². The monoisotopic (exact) mass is 464 g/mol. The number of fused-ring (bicyclic) bond motifs is 1. The van der Waals surface area contributed by atoms with Crippen molar-refractivity contribution in [1.82, 2.24) is 14.9 Å². The van der Waals surface area contributed by atoms with Crippen molar-refractivity contribution in [2.75, 3.05) is 26.3 Å². The first-order valence-corrected chi connectivity index (χ1v) is 11.1. The quantitative estimate of drug-likeness (QED) is 0.366. The Morgan fingerprint density at radius 1 is 1.09 bits per heavy atom. The number of ether oxygens (including phenoxy) is 4. The fourth-order valence-electron chi connectivity index (χ4n) is 3.97. The number of benzene rings is 2. The number of nitrogens with zero attached hydrogens (tertiary/aromatic N) is 4. The third kappa shape index (κ3) is 5.34. The van der Waals surface area contributed by atoms with Gasteiger partial charge in [-0.2, -0.15) is 4.98 Å². The fraction of sp³-hybridized carbons (Fsp3) is 0.333. The summed E-state index contributed by atoms with van der Waals surface area (Å²) < 4.78 is 23.4. The van der Waals surface area contributed by atoms with Crippen molar-refractivity contribution < 1.29 is 23.9 Å². The van der Waals surface area contributed by atoms with Crippen LogP contribution in [-0.4, -0.2) is 58.3 Å². The van der Waals surface area contributed by atoms with Crippen molar-refractivity contribution in [3.8, 4) is 23.3 Å². The molecule has 1 aromatic heterocycles. The maximum Gasteiger partial charge on any atom is 0.269 e. The van der Waals surface area contributed by atoms with Crippen molar-refractivity contribution in [3.63, 3.8) is 0 Å². The summed E-state index contributed by atoms with van der Waals surface area (Å²) >= 11 is 0. The van der Waals surface area contributed by atoms with E-state index in [-0.39, 0.29) is 24.5 Å². The number of nitro groups is 1. The van der Waals surface area contributed by atoms with Gasteiger partial charge in [0.15, 0.2) is 17.6 Å². The van der Waals surface area contributed by atoms with E-state index in [0.717, 1.165) is 30.8 Å². The molecule has 10 nitrogen and oxygen atoms in total. The summed E-state index contributed by atoms with van der Waals surface area (Å²) in [6, 6.07) is 14.2. The van der Waals surface area contributed by atoms with Gasteiger partial charge < -0.3 is 18.9 Å². The van der Waals surface area contributed by atoms with Crippen molar-refractivity contribution >= 4 is 5.69 Å². The lowest BCUT2D eigenvalue weighted by Crippen LogP contribution is -2.34. The molecule has 1 saturated heterocycles. The summed E-state index contributed by atoms with van der Waals surface area (Å²) in [7, 11) is 0. The molecule has 0 spiro atoms. The summed E-state index contributed by atoms with van der Waals surface area (Å²) in [5, 5.41) is 10.8. The standard InChI is InChI=1S/C24H24N4O6/c29-28(30)18-7-5-17(6-8-18)13-27-10-9-19(14-27)34-24-12-25-11-23(26-24)32-16-20-15-31-21-3-1-2-4-22(21)33-20/h1-8,11-12,19-20H,9-10,13-16H2. The SMILES string of the molecule is O=[N+]([O-])c1ccc(CN2CCC(Oc3cncc(OCC4COc5ccccc5O4)n3)C2)cc1. The van der Waals surface area contributed by atoms with Gasteiger partial charge in [-0.05, 0) is 24.1 Å². The van der Waals surface area contributed by atoms with E-state index in [0.29, 0.717) is 30.7 Å². The van der Waals surface area contributed by atoms with Gasteiger partial charge in [0, 0.05) is 31.8 Å². The van der Waals surface area contributed by atoms with Gasteiger partial charge in [-0.25, -0.2) is 0 Å². The van der Waals surface area contributed by atoms with Gasteiger partial charge in [0.2, 0.25) is 11.8 Å². The molecule has 2 atom stereocenters. The van der Waals surface area contributed by atoms with Crippen molar-refractivity contribution in [2.24, 2.45) is 0 Å². The zero-order chi connectivity index (χ0) is 23.3. The topological polar surface area (TPSA) is 109 Å². The van der Waals surface area contributed by atoms with Crippen molar-refractivity contribution in [3.05, 3.63) is 76.6 Å². The third-order valence-corrected chi connectivity index (χ3v) is 5.64. The smallest absolute Gasteiger partial charge is 0.269 e. The first kappa shape index (κ1) is 21.9. The number of rotatable bonds is 8. The molecule has 1 fully saturated rings. The van der Waals surface area contributed by atoms with Gasteiger partial charge in [-0.1, -0.05) is 24.3 Å². The van der Waals surface area contributed by atoms with Gasteiger partial charge in [-0.3, -0.25) is 20.0 Å². The molecule has 0 amide bonds. The largest absolute Gasteiger partial charge is 0.486 e. The first-order chi connectivity index (χ1) is 16.6. The highest BCUT2D eigenvalue weighted by molar-refractivity contribution is 5.40. The van der Waals surface area contributed by atoms with Crippen LogP contribution >= 0.6 is 0 Å². The van der Waals surface area contributed by atoms with Gasteiger partial charge in [0.25, 0.3) is 5.69 Å². The predicted molar refractivity (Wildman–Crippen MR) is 121 cm³/mol. The van der Waals surface area contributed by atoms with Crippen LogP contribution < -0.4 is 18.9 Å². The predicted octanol–water partition coefficient (Wildman–Crippen LogP) is 3.26. The molecule has 5 rings (SSSR count). The fourth-order valence-corrected chi connectivity index (χ4v) is 3.97. The molecule has 176 valence electrons. The summed E-state index contributed by atoms with van der Waals surface area (Å²) in [6.07, 6.45) is 3.70. The van der Waals surface area contributed by atoms with Crippen LogP contribution in [0.3, 0.4) is 0 Å². The van der Waals surface area contributed by atoms with E-state index in [1.165, 1.54) is 12.1 Å². The van der Waals surface area contributed by atoms with Crippen molar-refractivity contribution in [1.29, 1.82) is 0 Å². The molecule has 0 N–H and O–H groups in total. The van der Waals surface area contributed by atoms with Crippen LogP contribution in [0.25, 0.3) is 0 Å². The average Bonchev–Trinajstić information content (AvgIpc) is 3.29. The minimum absolute atomic E-state index is 0.0193. The Morgan fingerprint density at radius 3 is 2.71 bits per heavy atom. The molecule has 2 aromatic carbocycles. The van der Waals surface area contributed by atoms with Crippen LogP contribution in [0.5, 0.6) is 23.3 Å². The summed E-state index contributed by atoms with van der Waals surface area (Å²) in [4.78, 5) is 21.3. The lowest BCUT2D eigenvalue weighted by molar-refractivity contribution is -0.384. The number of aromatic nitrogens is 2. The molecule has 0 bridgehead atoms. The van der Waals surface area contributed by atoms with Crippen LogP contribution in [0, 0.1) is 10.1 Å². The second-order valence-electron chi connectivity index (χ2n) is 8.19. The lowest BCUT2D eigenvalue weighted by atomic mass is 10.2. The molecule has 0 radical (unpaired) electrons. The summed E-state index contributed by atoms with van der Waals surface area (Å²) in [6.45, 7) is 2.98. The van der Waals surface area contributed by atoms with E-state index >= 15 is 0 Å². The zero-order valence-corrected chi connectivity index (χ0v) is 18.4. The summed E-state index contributed by atoms with van der Waals surface area (Å²) in [5.74, 6) is 2.20. The Balaban J connectivity index is 1.10. The molecule has 3 heterocycles. The van der Waals surface area contributed by atoms with E-state index in [1.807, 2.05) is 24.3 Å². The van der Waals surface area contributed by atoms with Crippen LogP contribution in [0.2, 0.25) is 0 Å². The molecule has 34 heavy (non-hydrogen) atoms. The number of nitro benzene ring substituents is 1. The molecule has 2 aliphatic rings. The lowest BCUT2D eigenvalue weighted by Gasteiger charge is -2.26. The minimum atomic E-state index is -0.392. The van der Waals surface area contributed by atoms with Gasteiger partial charge >= 0.3 is 0 Å². The average molecular weight is 464 g/mol. The van der Waals surface area contributed by atoms with Gasteiger partial charge in [0.05, 0.1) is 17.3 Å². The number of hydrogen-bond acceptors (Lipinski definition) is 9. The maximum atomic E-state index is 10.8. The zero-order valence-electron chi connectivity index (χ0n) is 18.4.